The minimum absolute atomic E-state index is 0.0118. The summed E-state index contributed by atoms with van der Waals surface area (Å²) >= 11 is 0. The molecule has 0 spiro atoms. The molecule has 5 rings (SSSR count). The molecule has 2 aromatic heterocycles. The van der Waals surface area contributed by atoms with E-state index in [4.69, 9.17) is 24.9 Å². The van der Waals surface area contributed by atoms with Gasteiger partial charge in [-0.2, -0.15) is 0 Å². The van der Waals surface area contributed by atoms with Crippen molar-refractivity contribution in [2.75, 3.05) is 19.6 Å². The lowest BCUT2D eigenvalue weighted by atomic mass is 9.94. The highest BCUT2D eigenvalue weighted by Gasteiger charge is 2.31. The van der Waals surface area contributed by atoms with Crippen molar-refractivity contribution < 1.29 is 24.1 Å². The second kappa shape index (κ2) is 8.17. The molecule has 3 N–H and O–H groups in total. The summed E-state index contributed by atoms with van der Waals surface area (Å²) in [6.07, 6.45) is 1.67. The number of aliphatic hydroxyl groups is 1. The second-order valence-electron chi connectivity index (χ2n) is 8.31. The molecule has 0 fully saturated rings. The van der Waals surface area contributed by atoms with Crippen LogP contribution < -0.4 is 20.8 Å². The van der Waals surface area contributed by atoms with Gasteiger partial charge in [0.25, 0.3) is 5.56 Å². The molecule has 172 valence electrons. The number of nitrogens with two attached hydrogens (primary N) is 1. The number of aldehydes is 1. The van der Waals surface area contributed by atoms with Crippen LogP contribution in [0, 0.1) is 0 Å². The number of nitrogens with zero attached hydrogens (tertiary/aromatic N) is 2. The summed E-state index contributed by atoms with van der Waals surface area (Å²) < 4.78 is 17.9. The second-order valence-corrected chi connectivity index (χ2v) is 8.31. The van der Waals surface area contributed by atoms with Gasteiger partial charge in [0.15, 0.2) is 17.8 Å². The first kappa shape index (κ1) is 21.4. The highest BCUT2D eigenvalue weighted by molar-refractivity contribution is 6.01. The van der Waals surface area contributed by atoms with Crippen molar-refractivity contribution in [2.45, 2.75) is 45.4 Å². The van der Waals surface area contributed by atoms with E-state index in [-0.39, 0.29) is 30.1 Å². The summed E-state index contributed by atoms with van der Waals surface area (Å²) in [5.41, 5.74) is 11.0. The average molecular weight is 451 g/mol. The van der Waals surface area contributed by atoms with Gasteiger partial charge in [0.2, 0.25) is 6.79 Å². The van der Waals surface area contributed by atoms with Gasteiger partial charge in [-0.1, -0.05) is 13.3 Å². The zero-order valence-corrected chi connectivity index (χ0v) is 18.5. The number of unbranched alkanes of at least 4 members (excludes halogenated alkanes) is 1. The van der Waals surface area contributed by atoms with Crippen LogP contribution in [0.15, 0.2) is 16.9 Å². The van der Waals surface area contributed by atoms with Gasteiger partial charge in [-0.05, 0) is 24.5 Å². The maximum absolute atomic E-state index is 13.4. The minimum Gasteiger partial charge on any atom is -0.453 e. The average Bonchev–Trinajstić information content (AvgIpc) is 3.43. The van der Waals surface area contributed by atoms with E-state index in [9.17, 15) is 14.7 Å². The largest absolute Gasteiger partial charge is 0.453 e. The summed E-state index contributed by atoms with van der Waals surface area (Å²) in [7, 11) is 1.46. The Labute approximate surface area is 189 Å². The fraction of sp³-hybridized carbons (Fsp3) is 0.375. The number of pyridine rings is 2. The number of ether oxygens (including phenoxy) is 3. The number of carbonyl (C=O) groups excluding carboxylic acids is 1. The first-order chi connectivity index (χ1) is 16.0. The van der Waals surface area contributed by atoms with Crippen LogP contribution in [0.25, 0.3) is 22.3 Å². The number of hydrogen-bond acceptors (Lipinski definition) is 8. The molecule has 0 aliphatic carbocycles. The zero-order chi connectivity index (χ0) is 23.3. The van der Waals surface area contributed by atoms with E-state index >= 15 is 0 Å². The number of aliphatic hydroxyl groups excluding tert-OH is 1. The molecule has 1 atom stereocenters. The van der Waals surface area contributed by atoms with E-state index in [1.165, 1.54) is 7.11 Å². The SMILES string of the molecule is CCCCc1c2c(nc3cc4c(c(N)c13)OCO4)-c1cc(C(O)C=O)c(COC)c(=O)n1C2. The molecule has 0 saturated carbocycles. The van der Waals surface area contributed by atoms with E-state index in [0.29, 0.717) is 46.9 Å². The highest BCUT2D eigenvalue weighted by Crippen LogP contribution is 2.46. The van der Waals surface area contributed by atoms with Crippen LogP contribution in [-0.2, 0) is 29.1 Å². The van der Waals surface area contributed by atoms with E-state index in [0.717, 1.165) is 35.8 Å². The number of anilines is 1. The molecule has 2 aliphatic rings. The van der Waals surface area contributed by atoms with Gasteiger partial charge in [-0.3, -0.25) is 4.79 Å². The van der Waals surface area contributed by atoms with Gasteiger partial charge in [0, 0.05) is 35.3 Å². The molecule has 1 aromatic carbocycles. The maximum atomic E-state index is 13.4. The van der Waals surface area contributed by atoms with Gasteiger partial charge in [-0.15, -0.1) is 0 Å². The Balaban J connectivity index is 1.81. The van der Waals surface area contributed by atoms with Gasteiger partial charge in [0.1, 0.15) is 6.10 Å². The van der Waals surface area contributed by atoms with Crippen LogP contribution in [0.4, 0.5) is 5.69 Å². The normalized spacial score (nSPS) is 14.4. The van der Waals surface area contributed by atoms with Crippen LogP contribution in [-0.4, -0.2) is 34.8 Å². The van der Waals surface area contributed by atoms with Crippen LogP contribution in [0.2, 0.25) is 0 Å². The molecule has 2 aliphatic heterocycles. The first-order valence-electron chi connectivity index (χ1n) is 10.9. The van der Waals surface area contributed by atoms with Gasteiger partial charge in [0.05, 0.1) is 35.7 Å². The van der Waals surface area contributed by atoms with Gasteiger partial charge in [-0.25, -0.2) is 4.98 Å². The van der Waals surface area contributed by atoms with E-state index in [1.807, 2.05) is 6.07 Å². The third-order valence-electron chi connectivity index (χ3n) is 6.37. The lowest BCUT2D eigenvalue weighted by molar-refractivity contribution is -0.115. The number of carbonyl (C=O) groups is 1. The van der Waals surface area contributed by atoms with Gasteiger partial charge < -0.3 is 34.4 Å². The number of methoxy groups -OCH3 is 1. The number of rotatable bonds is 7. The van der Waals surface area contributed by atoms with Crippen LogP contribution >= 0.6 is 0 Å². The van der Waals surface area contributed by atoms with E-state index < -0.39 is 6.10 Å². The zero-order valence-electron chi connectivity index (χ0n) is 18.5. The smallest absolute Gasteiger partial charge is 0.257 e. The molecule has 1 unspecified atom stereocenters. The fourth-order valence-corrected chi connectivity index (χ4v) is 4.80. The molecule has 0 bridgehead atoms. The van der Waals surface area contributed by atoms with Gasteiger partial charge >= 0.3 is 0 Å². The number of hydrogen-bond donors (Lipinski definition) is 2. The third-order valence-corrected chi connectivity index (χ3v) is 6.37. The Kier molecular flexibility index (Phi) is 5.30. The Morgan fingerprint density at radius 1 is 1.33 bits per heavy atom. The quantitative estimate of drug-likeness (QED) is 0.324. The predicted octanol–water partition coefficient (Wildman–Crippen LogP) is 2.46. The molecular formula is C24H25N3O6. The minimum atomic E-state index is -1.43. The standard InChI is InChI=1S/C24H25N3O6/c1-3-4-5-12-14-8-27-17(6-13(18(29)9-28)15(10-31-2)24(27)30)22(14)26-16-7-19-23(33-11-32-19)21(25)20(12)16/h6-7,9,18,29H,3-5,8,10-11,25H2,1-2H3. The molecule has 0 radical (unpaired) electrons. The Bertz CT molecular complexity index is 1350. The van der Waals surface area contributed by atoms with Crippen molar-refractivity contribution in [3.63, 3.8) is 0 Å². The molecule has 9 heteroatoms. The number of aryl methyl sites for hydroxylation is 1. The Morgan fingerprint density at radius 2 is 2.15 bits per heavy atom. The summed E-state index contributed by atoms with van der Waals surface area (Å²) in [5.74, 6) is 1.06. The third kappa shape index (κ3) is 3.19. The number of fused-ring (bicyclic) bond motifs is 5. The van der Waals surface area contributed by atoms with Crippen molar-refractivity contribution in [1.29, 1.82) is 0 Å². The molecule has 3 aromatic rings. The van der Waals surface area contributed by atoms with E-state index in [1.54, 1.807) is 10.6 Å². The van der Waals surface area contributed by atoms with E-state index in [2.05, 4.69) is 6.92 Å². The van der Waals surface area contributed by atoms with Crippen molar-refractivity contribution in [3.8, 4) is 22.9 Å². The van der Waals surface area contributed by atoms with Crippen LogP contribution in [0.5, 0.6) is 11.5 Å². The molecule has 0 amide bonds. The molecule has 0 saturated heterocycles. The Hall–Kier alpha value is -3.43. The fourth-order valence-electron chi connectivity index (χ4n) is 4.80. The first-order valence-corrected chi connectivity index (χ1v) is 10.9. The lowest BCUT2D eigenvalue weighted by Crippen LogP contribution is -2.26. The maximum Gasteiger partial charge on any atom is 0.257 e. The monoisotopic (exact) mass is 451 g/mol. The topological polar surface area (TPSA) is 126 Å². The Morgan fingerprint density at radius 3 is 2.88 bits per heavy atom. The summed E-state index contributed by atoms with van der Waals surface area (Å²) in [6.45, 7) is 2.54. The lowest BCUT2D eigenvalue weighted by Gasteiger charge is -2.15. The van der Waals surface area contributed by atoms with Crippen molar-refractivity contribution in [3.05, 3.63) is 44.7 Å². The summed E-state index contributed by atoms with van der Waals surface area (Å²) in [5, 5.41) is 11.1. The number of benzene rings is 1. The predicted molar refractivity (Wildman–Crippen MR) is 121 cm³/mol. The number of aromatic nitrogens is 2. The van der Waals surface area contributed by atoms with Crippen molar-refractivity contribution in [2.24, 2.45) is 0 Å². The van der Waals surface area contributed by atoms with Crippen molar-refractivity contribution in [1.82, 2.24) is 9.55 Å². The molecule has 4 heterocycles. The summed E-state index contributed by atoms with van der Waals surface area (Å²) in [6, 6.07) is 3.48. The van der Waals surface area contributed by atoms with Crippen LogP contribution in [0.3, 0.4) is 0 Å². The summed E-state index contributed by atoms with van der Waals surface area (Å²) in [4.78, 5) is 29.6. The number of nitrogen functional groups attached to an aromatic ring is 1. The van der Waals surface area contributed by atoms with Crippen molar-refractivity contribution >= 4 is 22.9 Å². The van der Waals surface area contributed by atoms with Crippen LogP contribution in [0.1, 0.15) is 48.1 Å². The molecule has 9 nitrogen and oxygen atoms in total. The highest BCUT2D eigenvalue weighted by atomic mass is 16.7. The molecule has 33 heavy (non-hydrogen) atoms. The molecular weight excluding hydrogens is 426 g/mol.